The molecular weight excluding hydrogens is 964 g/mol. The Bertz CT molecular complexity index is 3290. The van der Waals surface area contributed by atoms with Gasteiger partial charge in [0.25, 0.3) is 0 Å². The topological polar surface area (TPSA) is 27.1 Å². The van der Waals surface area contributed by atoms with E-state index >= 15 is 0 Å². The molecule has 2 aromatic heterocycles. The van der Waals surface area contributed by atoms with Crippen molar-refractivity contribution in [2.45, 2.75) is 66.2 Å². The van der Waals surface area contributed by atoms with Gasteiger partial charge in [-0.25, -0.2) is 9.58 Å². The van der Waals surface area contributed by atoms with E-state index < -0.39 is 0 Å². The normalized spacial score (nSPS) is 17.6. The van der Waals surface area contributed by atoms with Gasteiger partial charge in [0.1, 0.15) is 5.82 Å². The Morgan fingerprint density at radius 2 is 1.17 bits per heavy atom. The van der Waals surface area contributed by atoms with Crippen molar-refractivity contribution in [2.24, 2.45) is 0 Å². The molecule has 0 bridgehead atoms. The molecule has 9 aromatic rings. The van der Waals surface area contributed by atoms with Crippen LogP contribution in [-0.2, 0) is 31.9 Å². The summed E-state index contributed by atoms with van der Waals surface area (Å²) < 4.78 is 10.3. The van der Waals surface area contributed by atoms with Crippen LogP contribution in [0.25, 0.3) is 49.9 Å². The zero-order valence-electron chi connectivity index (χ0n) is 37.6. The van der Waals surface area contributed by atoms with Crippen molar-refractivity contribution in [3.63, 3.8) is 0 Å². The molecule has 4 heterocycles. The number of nitrogens with zero attached hydrogens (tertiary/aromatic N) is 4. The zero-order chi connectivity index (χ0) is 43.5. The molecule has 1 saturated heterocycles. The van der Waals surface area contributed by atoms with Gasteiger partial charge < -0.3 is 9.30 Å². The number of pyridine rings is 1. The molecule has 64 heavy (non-hydrogen) atoms. The molecule has 1 unspecified atom stereocenters. The fourth-order valence-electron chi connectivity index (χ4n) is 9.62. The van der Waals surface area contributed by atoms with Gasteiger partial charge in [0.2, 0.25) is 11.4 Å². The van der Waals surface area contributed by atoms with Crippen LogP contribution in [0.5, 0.6) is 11.5 Å². The number of para-hydroxylation sites is 1. The molecule has 0 N–H and O–H groups in total. The fourth-order valence-corrected chi connectivity index (χ4v) is 9.62. The summed E-state index contributed by atoms with van der Waals surface area (Å²) >= 11 is 0. The summed E-state index contributed by atoms with van der Waals surface area (Å²) in [5, 5.41) is 2.24. The van der Waals surface area contributed by atoms with Crippen molar-refractivity contribution in [3.05, 3.63) is 199 Å². The number of hydrogen-bond donors (Lipinski definition) is 0. The number of benzene rings is 7. The summed E-state index contributed by atoms with van der Waals surface area (Å²) in [6.45, 7) is 20.5. The summed E-state index contributed by atoms with van der Waals surface area (Å²) in [5.41, 5.74) is 16.4. The van der Waals surface area contributed by atoms with E-state index in [1.807, 2.05) is 12.3 Å². The van der Waals surface area contributed by atoms with Gasteiger partial charge in [-0.3, -0.25) is 0 Å². The average molecular weight is 1020 g/mol. The Morgan fingerprint density at radius 3 is 1.84 bits per heavy atom. The van der Waals surface area contributed by atoms with Crippen LogP contribution < -0.4 is 13.9 Å². The predicted molar refractivity (Wildman–Crippen MR) is 261 cm³/mol. The van der Waals surface area contributed by atoms with E-state index in [1.54, 1.807) is 0 Å². The molecule has 0 amide bonds. The van der Waals surface area contributed by atoms with Crippen molar-refractivity contribution in [3.8, 4) is 39.6 Å². The maximum atomic E-state index is 6.97. The molecule has 320 valence electrons. The van der Waals surface area contributed by atoms with Gasteiger partial charge in [-0.05, 0) is 87.2 Å². The van der Waals surface area contributed by atoms with Gasteiger partial charge in [0, 0.05) is 68.5 Å². The number of hydrogen-bond acceptors (Lipinski definition) is 2. The smallest absolute Gasteiger partial charge is 0.225 e. The second kappa shape index (κ2) is 15.0. The SMILES string of the molecule is Cc1cc2c(cc1C)[N@@+]1(c3cc(-c4ccccc4)cc(C(C)(C)C)c3)[CH-][N+]21c1[c-]c(Oc2[c-]c3c(cc2)c2ccccc2n3-c2cc(C(C)(C)C)ccn2)cc(-c2ccccc2)c1.[Pt]. The quantitative estimate of drug-likeness (QED) is 0.0904. The number of ether oxygens (including phenoxy) is 1. The van der Waals surface area contributed by atoms with Crippen LogP contribution in [0.2, 0.25) is 0 Å². The van der Waals surface area contributed by atoms with Crippen LogP contribution in [0.1, 0.15) is 63.8 Å². The van der Waals surface area contributed by atoms with Crippen molar-refractivity contribution in [1.29, 1.82) is 0 Å². The van der Waals surface area contributed by atoms with Gasteiger partial charge in [-0.2, -0.15) is 10.7 Å². The third kappa shape index (κ3) is 6.51. The van der Waals surface area contributed by atoms with Crippen LogP contribution in [0.3, 0.4) is 0 Å². The van der Waals surface area contributed by atoms with Crippen molar-refractivity contribution in [2.75, 3.05) is 0 Å². The van der Waals surface area contributed by atoms with Gasteiger partial charge in [-0.15, -0.1) is 29.1 Å². The third-order valence-corrected chi connectivity index (χ3v) is 13.3. The standard InChI is InChI=1S/C58H51N4O.Pt/c1-38-27-54-55(28-39(38)2)62(37-61(54,62)46-30-42(40-17-11-9-12-18-40)29-45(33-46)58(6,7)8)47-31-43(41-19-13-10-14-20-41)32-49(35-47)63-48-23-24-51-50-21-15-16-22-52(50)60(53(51)36-48)56-34-44(25-26-59-56)57(3,4)5;/h9-34,37H,1-8H3;/q-1;/t61-,62?;/m0./s1. The van der Waals surface area contributed by atoms with Crippen molar-refractivity contribution in [1.82, 2.24) is 18.7 Å². The minimum Gasteiger partial charge on any atom is -0.509 e. The van der Waals surface area contributed by atoms with E-state index in [4.69, 9.17) is 9.72 Å². The molecule has 0 spiro atoms. The monoisotopic (exact) mass is 1010 g/mol. The largest absolute Gasteiger partial charge is 0.509 e. The fraction of sp³-hybridized carbons (Fsp3) is 0.172. The maximum absolute atomic E-state index is 6.97. The first-order valence-corrected chi connectivity index (χ1v) is 22.0. The molecule has 5 nitrogen and oxygen atoms in total. The molecular formula is C58H51N4OPt-. The first kappa shape index (κ1) is 41.9. The van der Waals surface area contributed by atoms with Gasteiger partial charge >= 0.3 is 0 Å². The molecule has 7 aromatic carbocycles. The number of fused-ring (bicyclic) bond motifs is 7. The van der Waals surface area contributed by atoms with Crippen LogP contribution in [0.15, 0.2) is 158 Å². The van der Waals surface area contributed by atoms with E-state index in [1.165, 1.54) is 50.4 Å². The van der Waals surface area contributed by atoms with E-state index in [2.05, 4.69) is 224 Å². The van der Waals surface area contributed by atoms with Crippen LogP contribution in [-0.4, -0.2) is 9.55 Å². The van der Waals surface area contributed by atoms with E-state index in [9.17, 15) is 0 Å². The summed E-state index contributed by atoms with van der Waals surface area (Å²) in [5.74, 6) is 2.10. The Balaban J connectivity index is 0.00000484. The molecule has 2 atom stereocenters. The Morgan fingerprint density at radius 1 is 0.547 bits per heavy atom. The second-order valence-corrected chi connectivity index (χ2v) is 19.5. The van der Waals surface area contributed by atoms with Gasteiger partial charge in [0.05, 0.1) is 5.69 Å². The molecule has 6 heteroatoms. The summed E-state index contributed by atoms with van der Waals surface area (Å²) in [6.07, 6.45) is 1.91. The van der Waals surface area contributed by atoms with Crippen molar-refractivity contribution < 1.29 is 25.8 Å². The molecule has 0 radical (unpaired) electrons. The van der Waals surface area contributed by atoms with Gasteiger partial charge in [-0.1, -0.05) is 144 Å². The summed E-state index contributed by atoms with van der Waals surface area (Å²) in [6, 6.07) is 62.3. The average Bonchev–Trinajstić information content (AvgIpc) is 3.79. The predicted octanol–water partition coefficient (Wildman–Crippen LogP) is 15.5. The Hall–Kier alpha value is -6.10. The number of aromatic nitrogens is 2. The van der Waals surface area contributed by atoms with Gasteiger partial charge in [0.15, 0.2) is 12.4 Å². The molecule has 0 aliphatic carbocycles. The molecule has 11 rings (SSSR count). The molecule has 2 aliphatic rings. The van der Waals surface area contributed by atoms with Crippen LogP contribution in [0.4, 0.5) is 22.7 Å². The maximum Gasteiger partial charge on any atom is 0.225 e. The second-order valence-electron chi connectivity index (χ2n) is 19.5. The first-order chi connectivity index (χ1) is 30.2. The Labute approximate surface area is 391 Å². The Kier molecular flexibility index (Phi) is 9.81. The van der Waals surface area contributed by atoms with Crippen molar-refractivity contribution >= 4 is 44.6 Å². The zero-order valence-corrected chi connectivity index (χ0v) is 39.9. The summed E-state index contributed by atoms with van der Waals surface area (Å²) in [4.78, 5) is 4.90. The van der Waals surface area contributed by atoms with Crippen LogP contribution >= 0.6 is 0 Å². The number of quaternary nitrogens is 2. The van der Waals surface area contributed by atoms with Crippen LogP contribution in [0, 0.1) is 32.6 Å². The number of aryl methyl sites for hydroxylation is 2. The molecule has 2 aliphatic heterocycles. The third-order valence-electron chi connectivity index (χ3n) is 13.3. The van der Waals surface area contributed by atoms with E-state index in [-0.39, 0.29) is 31.9 Å². The minimum atomic E-state index is -0.0600. The van der Waals surface area contributed by atoms with E-state index in [0.29, 0.717) is 20.7 Å². The van der Waals surface area contributed by atoms with E-state index in [0.717, 1.165) is 44.4 Å². The summed E-state index contributed by atoms with van der Waals surface area (Å²) in [7, 11) is 0. The molecule has 1 fully saturated rings. The minimum absolute atomic E-state index is 0. The first-order valence-electron chi connectivity index (χ1n) is 22.0. The molecule has 0 saturated carbocycles. The number of rotatable bonds is 7.